The van der Waals surface area contributed by atoms with E-state index in [2.05, 4.69) is 0 Å². The zero-order valence-corrected chi connectivity index (χ0v) is 12.0. The first-order valence-electron chi connectivity index (χ1n) is 5.50. The summed E-state index contributed by atoms with van der Waals surface area (Å²) in [4.78, 5) is 12.0. The quantitative estimate of drug-likeness (QED) is 0.537. The predicted molar refractivity (Wildman–Crippen MR) is 81.3 cm³/mol. The molecule has 19 heavy (non-hydrogen) atoms. The third kappa shape index (κ3) is 3.60. The average Bonchev–Trinajstić information content (AvgIpc) is 2.40. The Kier molecular flexibility index (Phi) is 4.65. The minimum absolute atomic E-state index is 0.154. The van der Waals surface area contributed by atoms with Crippen LogP contribution in [0.2, 0.25) is 15.1 Å². The zero-order valence-electron chi connectivity index (χ0n) is 9.74. The first-order valence-corrected chi connectivity index (χ1v) is 6.63. The van der Waals surface area contributed by atoms with Crippen molar-refractivity contribution in [2.45, 2.75) is 0 Å². The minimum Gasteiger partial charge on any atom is -0.289 e. The number of hydrogen-bond acceptors (Lipinski definition) is 1. The molecular formula is C15H9Cl3O. The van der Waals surface area contributed by atoms with Crippen molar-refractivity contribution in [2.24, 2.45) is 0 Å². The maximum atomic E-state index is 12.0. The van der Waals surface area contributed by atoms with E-state index in [1.807, 2.05) is 18.2 Å². The molecule has 0 aromatic heterocycles. The fourth-order valence-corrected chi connectivity index (χ4v) is 2.02. The molecule has 0 aliphatic heterocycles. The van der Waals surface area contributed by atoms with Gasteiger partial charge in [0.15, 0.2) is 5.78 Å². The minimum atomic E-state index is -0.154. The SMILES string of the molecule is O=C(C=Cc1ccccc1Cl)c1ccc(Cl)c(Cl)c1. The maximum Gasteiger partial charge on any atom is 0.185 e. The summed E-state index contributed by atoms with van der Waals surface area (Å²) in [5.74, 6) is -0.154. The second-order valence-corrected chi connectivity index (χ2v) is 5.07. The number of carbonyl (C=O) groups excluding carboxylic acids is 1. The van der Waals surface area contributed by atoms with Crippen LogP contribution in [0.3, 0.4) is 0 Å². The van der Waals surface area contributed by atoms with E-state index in [0.717, 1.165) is 5.56 Å². The lowest BCUT2D eigenvalue weighted by Crippen LogP contribution is -1.93. The molecule has 96 valence electrons. The lowest BCUT2D eigenvalue weighted by atomic mass is 10.1. The molecule has 0 unspecified atom stereocenters. The van der Waals surface area contributed by atoms with E-state index >= 15 is 0 Å². The van der Waals surface area contributed by atoms with Gasteiger partial charge in [0, 0.05) is 10.6 Å². The molecule has 0 aliphatic rings. The Morgan fingerprint density at radius 1 is 0.895 bits per heavy atom. The summed E-state index contributed by atoms with van der Waals surface area (Å²) in [5.41, 5.74) is 1.27. The Morgan fingerprint density at radius 2 is 1.63 bits per heavy atom. The number of allylic oxidation sites excluding steroid dienone is 1. The molecule has 2 aromatic rings. The van der Waals surface area contributed by atoms with Gasteiger partial charge in [-0.2, -0.15) is 0 Å². The van der Waals surface area contributed by atoms with E-state index in [1.54, 1.807) is 30.3 Å². The van der Waals surface area contributed by atoms with E-state index in [0.29, 0.717) is 20.6 Å². The Hall–Kier alpha value is -1.28. The molecule has 0 heterocycles. The summed E-state index contributed by atoms with van der Waals surface area (Å²) in [5, 5.41) is 1.38. The largest absolute Gasteiger partial charge is 0.289 e. The predicted octanol–water partition coefficient (Wildman–Crippen LogP) is 5.54. The van der Waals surface area contributed by atoms with Gasteiger partial charge in [0.1, 0.15) is 0 Å². The highest BCUT2D eigenvalue weighted by molar-refractivity contribution is 6.42. The third-order valence-corrected chi connectivity index (χ3v) is 3.61. The summed E-state index contributed by atoms with van der Waals surface area (Å²) < 4.78 is 0. The molecule has 0 N–H and O–H groups in total. The van der Waals surface area contributed by atoms with Crippen molar-refractivity contribution >= 4 is 46.7 Å². The topological polar surface area (TPSA) is 17.1 Å². The third-order valence-electron chi connectivity index (χ3n) is 2.52. The molecule has 0 saturated heterocycles. The normalized spacial score (nSPS) is 10.9. The lowest BCUT2D eigenvalue weighted by molar-refractivity contribution is 0.104. The van der Waals surface area contributed by atoms with Gasteiger partial charge >= 0.3 is 0 Å². The van der Waals surface area contributed by atoms with Crippen molar-refractivity contribution in [3.63, 3.8) is 0 Å². The van der Waals surface area contributed by atoms with Crippen molar-refractivity contribution in [3.05, 3.63) is 74.7 Å². The zero-order chi connectivity index (χ0) is 13.8. The Bertz CT molecular complexity index is 648. The van der Waals surface area contributed by atoms with Crippen molar-refractivity contribution in [2.75, 3.05) is 0 Å². The number of hydrogen-bond donors (Lipinski definition) is 0. The van der Waals surface area contributed by atoms with Crippen LogP contribution in [0.15, 0.2) is 48.5 Å². The van der Waals surface area contributed by atoms with Crippen LogP contribution in [0.5, 0.6) is 0 Å². The van der Waals surface area contributed by atoms with Gasteiger partial charge in [-0.05, 0) is 42.0 Å². The fraction of sp³-hybridized carbons (Fsp3) is 0. The van der Waals surface area contributed by atoms with Gasteiger partial charge in [-0.1, -0.05) is 53.0 Å². The van der Waals surface area contributed by atoms with Crippen molar-refractivity contribution in [1.29, 1.82) is 0 Å². The molecular weight excluding hydrogens is 303 g/mol. The number of benzene rings is 2. The van der Waals surface area contributed by atoms with Crippen LogP contribution in [0.4, 0.5) is 0 Å². The Balaban J connectivity index is 2.21. The molecule has 2 rings (SSSR count). The summed E-state index contributed by atoms with van der Waals surface area (Å²) >= 11 is 17.7. The average molecular weight is 312 g/mol. The molecule has 0 fully saturated rings. The van der Waals surface area contributed by atoms with Crippen LogP contribution in [-0.4, -0.2) is 5.78 Å². The fourth-order valence-electron chi connectivity index (χ4n) is 1.52. The van der Waals surface area contributed by atoms with Crippen molar-refractivity contribution < 1.29 is 4.79 Å². The van der Waals surface area contributed by atoms with Gasteiger partial charge in [0.25, 0.3) is 0 Å². The first-order chi connectivity index (χ1) is 9.08. The molecule has 1 nitrogen and oxygen atoms in total. The van der Waals surface area contributed by atoms with Gasteiger partial charge in [-0.15, -0.1) is 0 Å². The van der Waals surface area contributed by atoms with Gasteiger partial charge in [0.05, 0.1) is 10.0 Å². The maximum absolute atomic E-state index is 12.0. The number of halogens is 3. The van der Waals surface area contributed by atoms with Gasteiger partial charge in [0.2, 0.25) is 0 Å². The highest BCUT2D eigenvalue weighted by Gasteiger charge is 2.05. The van der Waals surface area contributed by atoms with Gasteiger partial charge in [-0.3, -0.25) is 4.79 Å². The number of rotatable bonds is 3. The van der Waals surface area contributed by atoms with Crippen molar-refractivity contribution in [3.8, 4) is 0 Å². The van der Waals surface area contributed by atoms with E-state index in [1.165, 1.54) is 6.08 Å². The van der Waals surface area contributed by atoms with E-state index < -0.39 is 0 Å². The van der Waals surface area contributed by atoms with Gasteiger partial charge in [-0.25, -0.2) is 0 Å². The molecule has 4 heteroatoms. The highest BCUT2D eigenvalue weighted by atomic mass is 35.5. The molecule has 0 amide bonds. The van der Waals surface area contributed by atoms with Crippen molar-refractivity contribution in [1.82, 2.24) is 0 Å². The summed E-state index contributed by atoms with van der Waals surface area (Å²) in [6, 6.07) is 12.1. The standard InChI is InChI=1S/C15H9Cl3O/c16-12-4-2-1-3-10(12)6-8-15(19)11-5-7-13(17)14(18)9-11/h1-9H. The summed E-state index contributed by atoms with van der Waals surface area (Å²) in [6.45, 7) is 0. The number of ketones is 1. The first kappa shape index (κ1) is 14.1. The monoisotopic (exact) mass is 310 g/mol. The van der Waals surface area contributed by atoms with Crippen LogP contribution in [-0.2, 0) is 0 Å². The van der Waals surface area contributed by atoms with E-state index in [9.17, 15) is 4.79 Å². The second kappa shape index (κ2) is 6.25. The Morgan fingerprint density at radius 3 is 2.32 bits per heavy atom. The molecule has 2 aromatic carbocycles. The van der Waals surface area contributed by atoms with Crippen LogP contribution in [0, 0.1) is 0 Å². The molecule has 0 bridgehead atoms. The van der Waals surface area contributed by atoms with Crippen LogP contribution >= 0.6 is 34.8 Å². The summed E-state index contributed by atoms with van der Waals surface area (Å²) in [7, 11) is 0. The van der Waals surface area contributed by atoms with Crippen LogP contribution < -0.4 is 0 Å². The molecule has 0 atom stereocenters. The van der Waals surface area contributed by atoms with Gasteiger partial charge < -0.3 is 0 Å². The Labute approximate surface area is 126 Å². The molecule has 0 aliphatic carbocycles. The lowest BCUT2D eigenvalue weighted by Gasteiger charge is -2.00. The molecule has 0 saturated carbocycles. The van der Waals surface area contributed by atoms with E-state index in [4.69, 9.17) is 34.8 Å². The second-order valence-electron chi connectivity index (χ2n) is 3.85. The van der Waals surface area contributed by atoms with Crippen LogP contribution in [0.1, 0.15) is 15.9 Å². The molecule has 0 radical (unpaired) electrons. The highest BCUT2D eigenvalue weighted by Crippen LogP contribution is 2.23. The smallest absolute Gasteiger partial charge is 0.185 e. The molecule has 0 spiro atoms. The summed E-state index contributed by atoms with van der Waals surface area (Å²) in [6.07, 6.45) is 3.13. The van der Waals surface area contributed by atoms with Crippen LogP contribution in [0.25, 0.3) is 6.08 Å². The number of carbonyl (C=O) groups is 1. The van der Waals surface area contributed by atoms with E-state index in [-0.39, 0.29) is 5.78 Å².